The van der Waals surface area contributed by atoms with Crippen molar-refractivity contribution < 1.29 is 19.1 Å². The van der Waals surface area contributed by atoms with Crippen LogP contribution < -0.4 is 5.32 Å². The quantitative estimate of drug-likeness (QED) is 0.152. The minimum atomic E-state index is -0.713. The van der Waals surface area contributed by atoms with Gasteiger partial charge in [0, 0.05) is 11.1 Å². The van der Waals surface area contributed by atoms with Crippen LogP contribution >= 0.6 is 0 Å². The second-order valence-electron chi connectivity index (χ2n) is 12.2. The minimum absolute atomic E-state index is 0.0155. The monoisotopic (exact) mass is 813 g/mol. The van der Waals surface area contributed by atoms with Crippen molar-refractivity contribution in [3.63, 3.8) is 0 Å². The predicted molar refractivity (Wildman–Crippen MR) is 181 cm³/mol. The van der Waals surface area contributed by atoms with E-state index in [2.05, 4.69) is 42.6 Å². The maximum atomic E-state index is 13.6. The average Bonchev–Trinajstić information content (AvgIpc) is 3.69. The summed E-state index contributed by atoms with van der Waals surface area (Å²) in [6, 6.07) is 5.98. The molecule has 8 bridgehead atoms. The molecule has 4 aliphatic heterocycles. The van der Waals surface area contributed by atoms with Gasteiger partial charge in [-0.15, -0.1) is 0 Å². The summed E-state index contributed by atoms with van der Waals surface area (Å²) in [6.45, 7) is 14.9. The molecule has 1 amide bonds. The zero-order valence-electron chi connectivity index (χ0n) is 26.8. The van der Waals surface area contributed by atoms with Crippen LogP contribution in [-0.4, -0.2) is 69.4 Å². The molecule has 2 atom stereocenters. The fraction of sp³-hybridized carbons (Fsp3) is 0.361. The predicted octanol–water partition coefficient (Wildman–Crippen LogP) is 6.87. The number of cyclic esters (lactones) is 2. The molecule has 4 aliphatic rings. The number of aromatic nitrogens is 4. The Bertz CT molecular complexity index is 1960. The first-order chi connectivity index (χ1) is 22.1. The van der Waals surface area contributed by atoms with Crippen LogP contribution in [0.25, 0.3) is 33.3 Å². The van der Waals surface area contributed by atoms with Gasteiger partial charge in [-0.25, -0.2) is 14.8 Å². The van der Waals surface area contributed by atoms with Crippen LogP contribution in [0, 0.1) is 6.92 Å². The number of allylic oxidation sites excluding steroid dienone is 5. The number of aryl methyl sites for hydroxylation is 1. The summed E-state index contributed by atoms with van der Waals surface area (Å²) < 4.78 is 6.45. The van der Waals surface area contributed by atoms with E-state index in [1.807, 2.05) is 38.1 Å². The van der Waals surface area contributed by atoms with Crippen LogP contribution in [0.2, 0.25) is 4.08 Å². The first-order valence-electron chi connectivity index (χ1n) is 15.8. The molecule has 0 aromatic carbocycles. The Morgan fingerprint density at radius 1 is 1.02 bits per heavy atom. The SMILES string of the molecule is C=CC1=C(C)c2cc3[nH]c(c4c5[nH]c(cc6nc(cc1n2)C(C)=C6CC)c(C)c5C(=O)OC4=O)C(CCC(=O)NCC[CH2][Po])[C@@H]3C. The summed E-state index contributed by atoms with van der Waals surface area (Å²) in [7, 11) is 0. The molecule has 0 aliphatic carbocycles. The summed E-state index contributed by atoms with van der Waals surface area (Å²) in [5, 5.41) is 3.02. The molecule has 237 valence electrons. The molecule has 9 nitrogen and oxygen atoms in total. The van der Waals surface area contributed by atoms with Gasteiger partial charge < -0.3 is 0 Å². The Morgan fingerprint density at radius 2 is 1.74 bits per heavy atom. The van der Waals surface area contributed by atoms with E-state index in [-0.39, 0.29) is 23.3 Å². The van der Waals surface area contributed by atoms with E-state index in [1.54, 1.807) is 0 Å². The summed E-state index contributed by atoms with van der Waals surface area (Å²) in [6.07, 6.45) is 4.36. The third-order valence-corrected chi connectivity index (χ3v) is 10.7. The number of fused-ring (bicyclic) bond motifs is 8. The molecular formula is C36H38N5O4Po. The number of H-pyrrole nitrogens is 2. The molecule has 46 heavy (non-hydrogen) atoms. The molecule has 6 heterocycles. The first kappa shape index (κ1) is 32.1. The Kier molecular flexibility index (Phi) is 8.86. The fourth-order valence-corrected chi connectivity index (χ4v) is 7.47. The van der Waals surface area contributed by atoms with Crippen molar-refractivity contribution in [1.29, 1.82) is 0 Å². The van der Waals surface area contributed by atoms with E-state index in [9.17, 15) is 14.4 Å². The van der Waals surface area contributed by atoms with Gasteiger partial charge in [0.25, 0.3) is 0 Å². The molecular weight excluding hydrogens is 775 g/mol. The Labute approximate surface area is 283 Å². The molecule has 2 aromatic heterocycles. The molecule has 0 fully saturated rings. The molecule has 6 rings (SSSR count). The van der Waals surface area contributed by atoms with Crippen molar-refractivity contribution in [3.8, 4) is 0 Å². The second kappa shape index (κ2) is 12.7. The normalized spacial score (nSPS) is 18.1. The zero-order chi connectivity index (χ0) is 32.9. The molecule has 3 N–H and O–H groups in total. The van der Waals surface area contributed by atoms with Gasteiger partial charge in [-0.1, -0.05) is 19.6 Å². The number of carbonyl (C=O) groups excluding carboxylic acids is 3. The van der Waals surface area contributed by atoms with Crippen molar-refractivity contribution >= 4 is 76.2 Å². The van der Waals surface area contributed by atoms with Gasteiger partial charge in [0.05, 0.1) is 17.1 Å². The van der Waals surface area contributed by atoms with Crippen molar-refractivity contribution in [1.82, 2.24) is 25.3 Å². The van der Waals surface area contributed by atoms with Gasteiger partial charge in [-0.05, 0) is 61.6 Å². The van der Waals surface area contributed by atoms with Gasteiger partial charge in [0.1, 0.15) is 0 Å². The van der Waals surface area contributed by atoms with Crippen LogP contribution in [0.1, 0.15) is 126 Å². The van der Waals surface area contributed by atoms with Gasteiger partial charge in [-0.3, -0.25) is 0 Å². The number of aromatic amines is 2. The standard InChI is InChI=1S/C36H38N5O4.Po/c1-8-13-37-30(42)12-11-23-19(6)26-14-24-17(4)21(9-2)28(38-24)15-25-18(5)22(10-3)29(39-25)16-27-20(7)31-34(41-27)32(33(23)40-26)36(44)45-35(31)43;/h9,14-16,19,23,40-41H,1-2,8,10-13H2,3-7H3,(H,37,42);/t19-,23?;/m0./s1. The number of esters is 2. The van der Waals surface area contributed by atoms with Crippen molar-refractivity contribution in [2.24, 2.45) is 0 Å². The number of amides is 1. The number of nitrogens with one attached hydrogen (secondary N) is 3. The van der Waals surface area contributed by atoms with Crippen LogP contribution in [0.3, 0.4) is 0 Å². The van der Waals surface area contributed by atoms with E-state index in [4.69, 9.17) is 14.7 Å². The zero-order valence-corrected chi connectivity index (χ0v) is 30.0. The van der Waals surface area contributed by atoms with E-state index < -0.39 is 11.9 Å². The van der Waals surface area contributed by atoms with Crippen molar-refractivity contribution in [2.45, 2.75) is 76.2 Å². The van der Waals surface area contributed by atoms with E-state index in [0.717, 1.165) is 67.7 Å². The third kappa shape index (κ3) is 5.45. The fourth-order valence-electron chi connectivity index (χ4n) is 6.91. The molecule has 2 aromatic rings. The molecule has 1 radical (unpaired) electrons. The topological polar surface area (TPSA) is 130 Å². The number of nitrogens with zero attached hydrogens (tertiary/aromatic N) is 2. The summed E-state index contributed by atoms with van der Waals surface area (Å²) >= 11 is 1.50. The van der Waals surface area contributed by atoms with Crippen LogP contribution in [-0.2, 0) is 9.53 Å². The average molecular weight is 814 g/mol. The van der Waals surface area contributed by atoms with E-state index >= 15 is 0 Å². The van der Waals surface area contributed by atoms with Gasteiger partial charge >= 0.3 is 161 Å². The summed E-state index contributed by atoms with van der Waals surface area (Å²) in [5.41, 5.74) is 11.2. The van der Waals surface area contributed by atoms with E-state index in [1.165, 1.54) is 25.1 Å². The van der Waals surface area contributed by atoms with Crippen LogP contribution in [0.15, 0.2) is 30.9 Å². The van der Waals surface area contributed by atoms with Crippen LogP contribution in [0.4, 0.5) is 0 Å². The number of hydrogen-bond donors (Lipinski definition) is 3. The van der Waals surface area contributed by atoms with Crippen molar-refractivity contribution in [2.75, 3.05) is 6.54 Å². The maximum absolute atomic E-state index is 13.6. The van der Waals surface area contributed by atoms with E-state index in [0.29, 0.717) is 47.2 Å². The Balaban J connectivity index is 1.67. The second-order valence-corrected chi connectivity index (χ2v) is 13.8. The number of hydrogen-bond acceptors (Lipinski definition) is 6. The molecule has 0 saturated carbocycles. The number of carbonyl (C=O) groups is 3. The molecule has 1 unspecified atom stereocenters. The van der Waals surface area contributed by atoms with Gasteiger partial charge in [0.15, 0.2) is 0 Å². The summed E-state index contributed by atoms with van der Waals surface area (Å²) in [4.78, 5) is 56.6. The third-order valence-electron chi connectivity index (χ3n) is 9.57. The Morgan fingerprint density at radius 3 is 2.46 bits per heavy atom. The molecule has 0 saturated heterocycles. The Hall–Kier alpha value is -3.89. The number of rotatable bonds is 8. The number of ether oxygens (including phenoxy) is 1. The summed E-state index contributed by atoms with van der Waals surface area (Å²) in [5.74, 6) is -1.70. The molecule has 10 heteroatoms. The first-order valence-corrected chi connectivity index (χ1v) is 18.0. The van der Waals surface area contributed by atoms with Crippen molar-refractivity contribution in [3.05, 3.63) is 81.7 Å². The molecule has 0 spiro atoms. The van der Waals surface area contributed by atoms with Crippen LogP contribution in [0.5, 0.6) is 0 Å². The van der Waals surface area contributed by atoms with Gasteiger partial charge in [0.2, 0.25) is 0 Å². The van der Waals surface area contributed by atoms with Gasteiger partial charge in [-0.2, -0.15) is 0 Å².